The van der Waals surface area contributed by atoms with Gasteiger partial charge in [-0.3, -0.25) is 0 Å². The maximum atomic E-state index is 5.56. The van der Waals surface area contributed by atoms with Crippen LogP contribution in [0.5, 0.6) is 11.5 Å². The van der Waals surface area contributed by atoms with Gasteiger partial charge < -0.3 is 14.0 Å². The molecule has 1 aromatic carbocycles. The van der Waals surface area contributed by atoms with Crippen LogP contribution in [0.3, 0.4) is 0 Å². The van der Waals surface area contributed by atoms with Crippen LogP contribution >= 0.6 is 11.3 Å². The van der Waals surface area contributed by atoms with Gasteiger partial charge in [0.2, 0.25) is 0 Å². The zero-order chi connectivity index (χ0) is 17.4. The number of rotatable bonds is 4. The maximum Gasteiger partial charge on any atom is 0.144 e. The number of methoxy groups -OCH3 is 2. The number of imidazole rings is 1. The van der Waals surface area contributed by atoms with Crippen molar-refractivity contribution < 1.29 is 9.47 Å². The number of hydrogen-bond acceptors (Lipinski definition) is 5. The van der Waals surface area contributed by atoms with Gasteiger partial charge in [0.05, 0.1) is 36.5 Å². The number of aromatic nitrogens is 3. The van der Waals surface area contributed by atoms with Crippen molar-refractivity contribution in [1.82, 2.24) is 14.5 Å². The molecule has 0 N–H and O–H groups in total. The Kier molecular flexibility index (Phi) is 4.21. The van der Waals surface area contributed by atoms with E-state index in [1.165, 1.54) is 17.0 Å². The lowest BCUT2D eigenvalue weighted by atomic mass is 9.97. The summed E-state index contributed by atoms with van der Waals surface area (Å²) in [6.07, 6.45) is 7.27. The second kappa shape index (κ2) is 6.52. The first-order valence-corrected chi connectivity index (χ1v) is 9.24. The third-order valence-corrected chi connectivity index (χ3v) is 5.73. The van der Waals surface area contributed by atoms with Gasteiger partial charge in [0, 0.05) is 17.3 Å². The monoisotopic (exact) mass is 355 g/mol. The van der Waals surface area contributed by atoms with Gasteiger partial charge in [0.1, 0.15) is 17.3 Å². The van der Waals surface area contributed by atoms with Gasteiger partial charge in [-0.25, -0.2) is 9.97 Å². The summed E-state index contributed by atoms with van der Waals surface area (Å²) in [6.45, 7) is 2.08. The number of ether oxygens (including phenoxy) is 2. The minimum Gasteiger partial charge on any atom is -0.497 e. The standard InChI is InChI=1S/C19H21N3O2S/c1-12-21-18-15(5-4-6-17(18)25-12)22-10-9-20-19(22)14-11-13(23-2)7-8-16(14)24-3/h7-11,15H,4-6H2,1-3H3/t15-/m0/s1. The van der Waals surface area contributed by atoms with E-state index in [2.05, 4.69) is 16.5 Å². The molecule has 0 unspecified atom stereocenters. The second-order valence-corrected chi connectivity index (χ2v) is 7.46. The first kappa shape index (κ1) is 16.1. The van der Waals surface area contributed by atoms with Crippen LogP contribution < -0.4 is 9.47 Å². The van der Waals surface area contributed by atoms with Crippen LogP contribution in [0.2, 0.25) is 0 Å². The van der Waals surface area contributed by atoms with E-state index in [-0.39, 0.29) is 6.04 Å². The highest BCUT2D eigenvalue weighted by Gasteiger charge is 2.28. The highest BCUT2D eigenvalue weighted by atomic mass is 32.1. The van der Waals surface area contributed by atoms with Crippen molar-refractivity contribution in [3.8, 4) is 22.9 Å². The Morgan fingerprint density at radius 2 is 2.12 bits per heavy atom. The van der Waals surface area contributed by atoms with E-state index in [0.717, 1.165) is 40.7 Å². The number of hydrogen-bond donors (Lipinski definition) is 0. The van der Waals surface area contributed by atoms with Gasteiger partial charge in [0.25, 0.3) is 0 Å². The summed E-state index contributed by atoms with van der Waals surface area (Å²) in [4.78, 5) is 10.9. The predicted molar refractivity (Wildman–Crippen MR) is 98.7 cm³/mol. The second-order valence-electron chi connectivity index (χ2n) is 6.17. The molecule has 2 aromatic heterocycles. The number of fused-ring (bicyclic) bond motifs is 1. The minimum atomic E-state index is 0.224. The molecule has 2 heterocycles. The third-order valence-electron chi connectivity index (χ3n) is 4.68. The zero-order valence-electron chi connectivity index (χ0n) is 14.7. The molecular formula is C19H21N3O2S. The van der Waals surface area contributed by atoms with Gasteiger partial charge in [-0.2, -0.15) is 0 Å². The van der Waals surface area contributed by atoms with Crippen molar-refractivity contribution in [3.05, 3.63) is 46.2 Å². The molecule has 0 radical (unpaired) electrons. The fraction of sp³-hybridized carbons (Fsp3) is 0.368. The maximum absolute atomic E-state index is 5.56. The molecule has 3 aromatic rings. The Morgan fingerprint density at radius 1 is 1.24 bits per heavy atom. The fourth-order valence-electron chi connectivity index (χ4n) is 3.55. The molecule has 5 nitrogen and oxygen atoms in total. The molecule has 25 heavy (non-hydrogen) atoms. The van der Waals surface area contributed by atoms with E-state index >= 15 is 0 Å². The third kappa shape index (κ3) is 2.80. The first-order valence-electron chi connectivity index (χ1n) is 8.42. The minimum absolute atomic E-state index is 0.224. The highest BCUT2D eigenvalue weighted by molar-refractivity contribution is 7.11. The lowest BCUT2D eigenvalue weighted by Crippen LogP contribution is -2.17. The Labute approximate surface area is 151 Å². The summed E-state index contributed by atoms with van der Waals surface area (Å²) in [6, 6.07) is 6.03. The van der Waals surface area contributed by atoms with Crippen molar-refractivity contribution in [1.29, 1.82) is 0 Å². The van der Waals surface area contributed by atoms with Crippen LogP contribution in [0.25, 0.3) is 11.4 Å². The van der Waals surface area contributed by atoms with Crippen molar-refractivity contribution in [2.24, 2.45) is 0 Å². The summed E-state index contributed by atoms with van der Waals surface area (Å²) >= 11 is 1.82. The van der Waals surface area contributed by atoms with E-state index in [4.69, 9.17) is 14.5 Å². The molecule has 4 rings (SSSR count). The zero-order valence-corrected chi connectivity index (χ0v) is 15.5. The van der Waals surface area contributed by atoms with Gasteiger partial charge in [-0.15, -0.1) is 11.3 Å². The van der Waals surface area contributed by atoms with Gasteiger partial charge in [-0.05, 0) is 44.4 Å². The van der Waals surface area contributed by atoms with Crippen LogP contribution in [-0.4, -0.2) is 28.8 Å². The predicted octanol–water partition coefficient (Wildman–Crippen LogP) is 4.26. The summed E-state index contributed by atoms with van der Waals surface area (Å²) in [5.41, 5.74) is 2.14. The lowest BCUT2D eigenvalue weighted by Gasteiger charge is -2.24. The SMILES string of the molecule is COc1ccc(OC)c(-c2nccn2[C@H]2CCCc3sc(C)nc32)c1. The molecular weight excluding hydrogens is 334 g/mol. The largest absolute Gasteiger partial charge is 0.497 e. The summed E-state index contributed by atoms with van der Waals surface area (Å²) in [5.74, 6) is 2.47. The molecule has 0 saturated heterocycles. The number of benzene rings is 1. The van der Waals surface area contributed by atoms with Crippen LogP contribution in [0, 0.1) is 6.92 Å². The van der Waals surface area contributed by atoms with E-state index < -0.39 is 0 Å². The number of thiazole rings is 1. The van der Waals surface area contributed by atoms with E-state index in [1.54, 1.807) is 14.2 Å². The van der Waals surface area contributed by atoms with E-state index in [1.807, 2.05) is 41.9 Å². The highest BCUT2D eigenvalue weighted by Crippen LogP contribution is 2.39. The average molecular weight is 355 g/mol. The molecule has 1 aliphatic carbocycles. The first-order chi connectivity index (χ1) is 12.2. The Balaban J connectivity index is 1.83. The molecule has 0 fully saturated rings. The molecule has 0 saturated carbocycles. The summed E-state index contributed by atoms with van der Waals surface area (Å²) in [5, 5.41) is 1.14. The fourth-order valence-corrected chi connectivity index (χ4v) is 4.58. The molecule has 0 spiro atoms. The molecule has 1 atom stereocenters. The van der Waals surface area contributed by atoms with Crippen molar-refractivity contribution >= 4 is 11.3 Å². The number of aryl methyl sites for hydroxylation is 2. The van der Waals surface area contributed by atoms with Crippen LogP contribution in [-0.2, 0) is 6.42 Å². The van der Waals surface area contributed by atoms with E-state index in [0.29, 0.717) is 0 Å². The van der Waals surface area contributed by atoms with E-state index in [9.17, 15) is 0 Å². The average Bonchev–Trinajstić information content (AvgIpc) is 3.26. The van der Waals surface area contributed by atoms with Crippen LogP contribution in [0.15, 0.2) is 30.6 Å². The Hall–Kier alpha value is -2.34. The molecule has 0 aliphatic heterocycles. The number of nitrogens with zero attached hydrogens (tertiary/aromatic N) is 3. The quantitative estimate of drug-likeness (QED) is 0.702. The molecule has 0 bridgehead atoms. The van der Waals surface area contributed by atoms with Crippen LogP contribution in [0.4, 0.5) is 0 Å². The van der Waals surface area contributed by atoms with Crippen LogP contribution in [0.1, 0.15) is 34.5 Å². The van der Waals surface area contributed by atoms with Gasteiger partial charge >= 0.3 is 0 Å². The smallest absolute Gasteiger partial charge is 0.144 e. The molecule has 130 valence electrons. The van der Waals surface area contributed by atoms with Crippen molar-refractivity contribution in [2.75, 3.05) is 14.2 Å². The lowest BCUT2D eigenvalue weighted by molar-refractivity contribution is 0.403. The topological polar surface area (TPSA) is 49.2 Å². The summed E-state index contributed by atoms with van der Waals surface area (Å²) in [7, 11) is 3.35. The van der Waals surface area contributed by atoms with Crippen molar-refractivity contribution in [3.63, 3.8) is 0 Å². The van der Waals surface area contributed by atoms with Gasteiger partial charge in [-0.1, -0.05) is 0 Å². The summed E-state index contributed by atoms with van der Waals surface area (Å²) < 4.78 is 13.2. The normalized spacial score (nSPS) is 16.5. The molecule has 0 amide bonds. The van der Waals surface area contributed by atoms with Gasteiger partial charge in [0.15, 0.2) is 0 Å². The van der Waals surface area contributed by atoms with Crippen molar-refractivity contribution in [2.45, 2.75) is 32.2 Å². The Morgan fingerprint density at radius 3 is 2.92 bits per heavy atom. The Bertz CT molecular complexity index is 900. The molecule has 1 aliphatic rings. The molecule has 6 heteroatoms.